The van der Waals surface area contributed by atoms with Crippen LogP contribution in [0.3, 0.4) is 0 Å². The molecule has 0 heterocycles. The number of para-hydroxylation sites is 1. The third-order valence-corrected chi connectivity index (χ3v) is 11.2. The van der Waals surface area contributed by atoms with Crippen LogP contribution in [-0.2, 0) is 0 Å². The first-order valence-electron chi connectivity index (χ1n) is 19.9. The van der Waals surface area contributed by atoms with Gasteiger partial charge < -0.3 is 9.80 Å². The van der Waals surface area contributed by atoms with E-state index in [1.807, 2.05) is 18.2 Å². The van der Waals surface area contributed by atoms with Crippen molar-refractivity contribution in [1.82, 2.24) is 0 Å². The lowest BCUT2D eigenvalue weighted by Gasteiger charge is -2.28. The average molecular weight is 727 g/mol. The largest absolute Gasteiger partial charge is 0.321 e. The van der Waals surface area contributed by atoms with E-state index in [1.165, 1.54) is 71.8 Å². The van der Waals surface area contributed by atoms with Crippen molar-refractivity contribution >= 4 is 49.9 Å². The van der Waals surface area contributed by atoms with Gasteiger partial charge in [0, 0.05) is 34.6 Å². The van der Waals surface area contributed by atoms with Gasteiger partial charge in [0.05, 0.1) is 0 Å². The molecule has 0 amide bonds. The lowest BCUT2D eigenvalue weighted by atomic mass is 9.82. The molecule has 0 unspecified atom stereocenters. The third kappa shape index (κ3) is 7.48. The van der Waals surface area contributed by atoms with E-state index in [0.717, 1.165) is 48.4 Å². The molecular weight excluding hydrogens is 677 g/mol. The Morgan fingerprint density at radius 3 is 1.73 bits per heavy atom. The van der Waals surface area contributed by atoms with Crippen molar-refractivity contribution in [2.75, 3.05) is 9.80 Å². The minimum atomic E-state index is 0.990. The fourth-order valence-electron chi connectivity index (χ4n) is 8.10. The summed E-state index contributed by atoms with van der Waals surface area (Å²) in [5, 5.41) is 5.06. The van der Waals surface area contributed by atoms with E-state index >= 15 is 0 Å². The monoisotopic (exact) mass is 726 g/mol. The molecule has 0 bridgehead atoms. The van der Waals surface area contributed by atoms with Crippen molar-refractivity contribution in [3.05, 3.63) is 210 Å². The molecule has 0 aromatic heterocycles. The normalized spacial score (nSPS) is 14.5. The van der Waals surface area contributed by atoms with E-state index < -0.39 is 0 Å². The Bertz CT molecular complexity index is 2610. The molecule has 0 N–H and O–H groups in total. The van der Waals surface area contributed by atoms with E-state index in [-0.39, 0.29) is 0 Å². The summed E-state index contributed by atoms with van der Waals surface area (Å²) in [6, 6.07) is 43.0. The van der Waals surface area contributed by atoms with Crippen LogP contribution in [0.4, 0.5) is 22.7 Å². The molecule has 2 aliphatic carbocycles. The van der Waals surface area contributed by atoms with E-state index in [9.17, 15) is 0 Å². The van der Waals surface area contributed by atoms with Gasteiger partial charge in [0.15, 0.2) is 0 Å². The summed E-state index contributed by atoms with van der Waals surface area (Å²) in [5.41, 5.74) is 16.4. The van der Waals surface area contributed by atoms with Gasteiger partial charge in [-0.25, -0.2) is 0 Å². The highest BCUT2D eigenvalue weighted by molar-refractivity contribution is 6.20. The molecule has 0 aliphatic heterocycles. The summed E-state index contributed by atoms with van der Waals surface area (Å²) < 4.78 is 0. The second kappa shape index (κ2) is 16.2. The van der Waals surface area contributed by atoms with E-state index in [0.29, 0.717) is 0 Å². The fourth-order valence-corrected chi connectivity index (χ4v) is 8.10. The highest BCUT2D eigenvalue weighted by atomic mass is 15.1. The molecule has 6 aromatic carbocycles. The zero-order chi connectivity index (χ0) is 38.6. The first-order valence-corrected chi connectivity index (χ1v) is 19.9. The van der Waals surface area contributed by atoms with Gasteiger partial charge in [-0.05, 0) is 158 Å². The number of nitrogens with zero attached hydrogens (tertiary/aromatic N) is 2. The number of rotatable bonds is 10. The Hall–Kier alpha value is -6.38. The average Bonchev–Trinajstić information content (AvgIpc) is 3.22. The fraction of sp³-hybridized carbons (Fsp3) is 0.148. The van der Waals surface area contributed by atoms with Crippen LogP contribution in [-0.4, -0.2) is 0 Å². The predicted molar refractivity (Wildman–Crippen MR) is 244 cm³/mol. The van der Waals surface area contributed by atoms with Crippen molar-refractivity contribution in [1.29, 1.82) is 0 Å². The molecule has 276 valence electrons. The van der Waals surface area contributed by atoms with Crippen LogP contribution in [0.25, 0.3) is 38.2 Å². The molecule has 0 fully saturated rings. The molecule has 0 saturated heterocycles. The van der Waals surface area contributed by atoms with Gasteiger partial charge in [-0.3, -0.25) is 0 Å². The topological polar surface area (TPSA) is 6.48 Å². The summed E-state index contributed by atoms with van der Waals surface area (Å²) in [5.74, 6) is 0. The quantitative estimate of drug-likeness (QED) is 0.102. The number of hydrogen-bond acceptors (Lipinski definition) is 2. The Morgan fingerprint density at radius 1 is 0.482 bits per heavy atom. The van der Waals surface area contributed by atoms with Gasteiger partial charge in [0.1, 0.15) is 0 Å². The molecular formula is C54H50N2. The van der Waals surface area contributed by atoms with Crippen LogP contribution in [0.1, 0.15) is 56.2 Å². The summed E-state index contributed by atoms with van der Waals surface area (Å²) in [7, 11) is 0. The van der Waals surface area contributed by atoms with Crippen LogP contribution >= 0.6 is 0 Å². The van der Waals surface area contributed by atoms with Crippen molar-refractivity contribution < 1.29 is 0 Å². The number of hydrogen-bond donors (Lipinski definition) is 0. The Kier molecular flexibility index (Phi) is 10.6. The van der Waals surface area contributed by atoms with Gasteiger partial charge in [-0.15, -0.1) is 0 Å². The highest BCUT2D eigenvalue weighted by Gasteiger charge is 2.23. The van der Waals surface area contributed by atoms with Crippen LogP contribution in [0.15, 0.2) is 193 Å². The minimum Gasteiger partial charge on any atom is -0.321 e. The number of fused-ring (bicyclic) bond motifs is 2. The summed E-state index contributed by atoms with van der Waals surface area (Å²) in [6.07, 6.45) is 23.5. The zero-order valence-electron chi connectivity index (χ0n) is 33.1. The lowest BCUT2D eigenvalue weighted by Crippen LogP contribution is -2.16. The highest BCUT2D eigenvalue weighted by Crippen LogP contribution is 2.47. The van der Waals surface area contributed by atoms with E-state index in [1.54, 1.807) is 0 Å². The Labute approximate surface area is 333 Å². The zero-order valence-corrected chi connectivity index (χ0v) is 33.1. The van der Waals surface area contributed by atoms with Gasteiger partial charge in [-0.2, -0.15) is 0 Å². The molecule has 0 saturated carbocycles. The maximum atomic E-state index is 3.87. The molecule has 2 aliphatic rings. The summed E-state index contributed by atoms with van der Waals surface area (Å²) in [6.45, 7) is 12.7. The van der Waals surface area contributed by atoms with Crippen LogP contribution in [0.5, 0.6) is 0 Å². The maximum Gasteiger partial charge on any atom is 0.0468 e. The van der Waals surface area contributed by atoms with Gasteiger partial charge in [0.2, 0.25) is 0 Å². The van der Waals surface area contributed by atoms with Crippen molar-refractivity contribution in [2.24, 2.45) is 0 Å². The predicted octanol–water partition coefficient (Wildman–Crippen LogP) is 15.6. The van der Waals surface area contributed by atoms with Gasteiger partial charge in [0.25, 0.3) is 0 Å². The van der Waals surface area contributed by atoms with Crippen LogP contribution in [0, 0.1) is 13.8 Å². The molecule has 2 nitrogen and oxygen atoms in total. The van der Waals surface area contributed by atoms with Crippen molar-refractivity contribution in [3.8, 4) is 11.1 Å². The smallest absolute Gasteiger partial charge is 0.0468 e. The minimum absolute atomic E-state index is 0.990. The first-order chi connectivity index (χ1) is 27.4. The van der Waals surface area contributed by atoms with Crippen molar-refractivity contribution in [2.45, 2.75) is 53.4 Å². The second-order valence-electron chi connectivity index (χ2n) is 15.3. The standard InChI is InChI=1S/C54H50N2/c1-6-7-8-12-35-55(44-27-19-40(4)20-28-44)47-31-33-49-51(36-47)53(42-23-15-38(2)16-24-42)50-34-32-48(37-52(50)54(49)43-25-17-39(3)18-26-43)56(45-13-10-9-11-14-45)46-29-21-41(5)22-30-46/h6-17,19,21-25,27,29-37H,1,18,20,26,28H2,2-5H3/b8-7-,35-12+. The molecule has 8 rings (SSSR count). The molecule has 56 heavy (non-hydrogen) atoms. The Morgan fingerprint density at radius 2 is 1.07 bits per heavy atom. The first kappa shape index (κ1) is 36.6. The van der Waals surface area contributed by atoms with Crippen molar-refractivity contribution in [3.63, 3.8) is 0 Å². The number of allylic oxidation sites excluding steroid dienone is 12. The number of aryl methyl sites for hydroxylation is 2. The maximum absolute atomic E-state index is 3.87. The van der Waals surface area contributed by atoms with Gasteiger partial charge in [-0.1, -0.05) is 132 Å². The third-order valence-electron chi connectivity index (χ3n) is 11.2. The van der Waals surface area contributed by atoms with E-state index in [4.69, 9.17) is 0 Å². The second-order valence-corrected chi connectivity index (χ2v) is 15.3. The molecule has 0 atom stereocenters. The summed E-state index contributed by atoms with van der Waals surface area (Å²) >= 11 is 0. The van der Waals surface area contributed by atoms with Gasteiger partial charge >= 0.3 is 0 Å². The number of anilines is 4. The Balaban J connectivity index is 1.44. The summed E-state index contributed by atoms with van der Waals surface area (Å²) in [4.78, 5) is 4.76. The molecule has 6 aromatic rings. The number of benzene rings is 6. The van der Waals surface area contributed by atoms with Crippen LogP contribution < -0.4 is 9.80 Å². The molecule has 0 radical (unpaired) electrons. The van der Waals surface area contributed by atoms with Crippen LogP contribution in [0.2, 0.25) is 0 Å². The molecule has 2 heteroatoms. The lowest BCUT2D eigenvalue weighted by molar-refractivity contribution is 0.872. The molecule has 0 spiro atoms. The van der Waals surface area contributed by atoms with E-state index in [2.05, 4.69) is 196 Å². The SMILES string of the molecule is C=C/C=C\C=C\N(C1=CC=C(C)CC1)c1ccc2c(C3=CC=C(C)CC3)c3cc(N(c4ccccc4)c4ccc(C)cc4)ccc3c(-c3ccc(C)cc3)c2c1.